The van der Waals surface area contributed by atoms with Crippen LogP contribution >= 0.6 is 0 Å². The van der Waals surface area contributed by atoms with Crippen molar-refractivity contribution in [2.75, 3.05) is 26.7 Å². The van der Waals surface area contributed by atoms with E-state index >= 15 is 0 Å². The van der Waals surface area contributed by atoms with E-state index in [0.29, 0.717) is 26.1 Å². The summed E-state index contributed by atoms with van der Waals surface area (Å²) in [5.41, 5.74) is 2.48. The number of likely N-dealkylation sites (N-methyl/N-ethyl adjacent to an activating group) is 1. The van der Waals surface area contributed by atoms with Gasteiger partial charge in [0.15, 0.2) is 0 Å². The standard InChI is InChI=1S/C15H19N3O2/c1-17-6-7-18(10-14(17)19)15(20)13-8-11-4-2-3-5-12(11)9-16-13/h2-5,13,16H,6-10H2,1H3/t13-/m0/s1. The summed E-state index contributed by atoms with van der Waals surface area (Å²) in [4.78, 5) is 27.6. The molecule has 2 aliphatic heterocycles. The summed E-state index contributed by atoms with van der Waals surface area (Å²) in [7, 11) is 1.78. The van der Waals surface area contributed by atoms with Gasteiger partial charge in [-0.3, -0.25) is 9.59 Å². The van der Waals surface area contributed by atoms with E-state index in [9.17, 15) is 9.59 Å². The van der Waals surface area contributed by atoms with Crippen molar-refractivity contribution in [1.29, 1.82) is 0 Å². The first-order valence-corrected chi connectivity index (χ1v) is 6.98. The maximum absolute atomic E-state index is 12.5. The van der Waals surface area contributed by atoms with Gasteiger partial charge in [-0.15, -0.1) is 0 Å². The highest BCUT2D eigenvalue weighted by Crippen LogP contribution is 2.18. The molecule has 1 N–H and O–H groups in total. The first-order valence-electron chi connectivity index (χ1n) is 6.98. The second-order valence-corrected chi connectivity index (χ2v) is 5.48. The Bertz CT molecular complexity index is 544. The van der Waals surface area contributed by atoms with Crippen LogP contribution in [0.4, 0.5) is 0 Å². The van der Waals surface area contributed by atoms with Crippen LogP contribution in [0.2, 0.25) is 0 Å². The molecule has 0 radical (unpaired) electrons. The Kier molecular flexibility index (Phi) is 3.44. The lowest BCUT2D eigenvalue weighted by molar-refractivity contribution is -0.145. The fourth-order valence-corrected chi connectivity index (χ4v) is 2.80. The summed E-state index contributed by atoms with van der Waals surface area (Å²) in [6, 6.07) is 7.97. The molecule has 0 aromatic heterocycles. The highest BCUT2D eigenvalue weighted by molar-refractivity contribution is 5.88. The minimum atomic E-state index is -0.207. The molecule has 5 heteroatoms. The van der Waals surface area contributed by atoms with Crippen LogP contribution in [0.1, 0.15) is 11.1 Å². The van der Waals surface area contributed by atoms with Gasteiger partial charge in [-0.25, -0.2) is 0 Å². The van der Waals surface area contributed by atoms with Crippen molar-refractivity contribution < 1.29 is 9.59 Å². The number of hydrogen-bond acceptors (Lipinski definition) is 3. The fourth-order valence-electron chi connectivity index (χ4n) is 2.80. The SMILES string of the molecule is CN1CCN(C(=O)[C@@H]2Cc3ccccc3CN2)CC1=O. The molecule has 3 rings (SSSR count). The molecule has 0 spiro atoms. The zero-order chi connectivity index (χ0) is 14.1. The quantitative estimate of drug-likeness (QED) is 0.784. The molecule has 2 aliphatic rings. The molecule has 106 valence electrons. The van der Waals surface area contributed by atoms with Crippen LogP contribution in [0.25, 0.3) is 0 Å². The second kappa shape index (κ2) is 5.25. The lowest BCUT2D eigenvalue weighted by Crippen LogP contribution is -2.56. The Balaban J connectivity index is 1.69. The molecule has 0 saturated carbocycles. The monoisotopic (exact) mass is 273 g/mol. The molecule has 0 unspecified atom stereocenters. The van der Waals surface area contributed by atoms with E-state index in [2.05, 4.69) is 17.4 Å². The first kappa shape index (κ1) is 13.1. The van der Waals surface area contributed by atoms with Gasteiger partial charge < -0.3 is 15.1 Å². The Labute approximate surface area is 118 Å². The molecule has 1 fully saturated rings. The molecule has 1 aromatic carbocycles. The van der Waals surface area contributed by atoms with Gasteiger partial charge in [-0.05, 0) is 17.5 Å². The summed E-state index contributed by atoms with van der Waals surface area (Å²) in [5, 5.41) is 3.28. The summed E-state index contributed by atoms with van der Waals surface area (Å²) in [5.74, 6) is 0.0572. The number of rotatable bonds is 1. The van der Waals surface area contributed by atoms with Crippen LogP contribution in [0.15, 0.2) is 24.3 Å². The maximum Gasteiger partial charge on any atom is 0.241 e. The average molecular weight is 273 g/mol. The molecule has 2 heterocycles. The van der Waals surface area contributed by atoms with Crippen LogP contribution in [0, 0.1) is 0 Å². The summed E-state index contributed by atoms with van der Waals surface area (Å²) in [6.45, 7) is 2.16. The van der Waals surface area contributed by atoms with Gasteiger partial charge in [0.25, 0.3) is 0 Å². The molecular weight excluding hydrogens is 254 g/mol. The molecule has 0 aliphatic carbocycles. The van der Waals surface area contributed by atoms with Crippen LogP contribution in [-0.4, -0.2) is 54.3 Å². The highest BCUT2D eigenvalue weighted by Gasteiger charge is 2.31. The zero-order valence-corrected chi connectivity index (χ0v) is 11.6. The van der Waals surface area contributed by atoms with Gasteiger partial charge in [0.05, 0.1) is 12.6 Å². The summed E-state index contributed by atoms with van der Waals surface area (Å²) in [6.07, 6.45) is 0.704. The number of benzene rings is 1. The number of hydrogen-bond donors (Lipinski definition) is 1. The number of nitrogens with zero attached hydrogens (tertiary/aromatic N) is 2. The van der Waals surface area contributed by atoms with Crippen molar-refractivity contribution in [3.63, 3.8) is 0 Å². The van der Waals surface area contributed by atoms with Crippen molar-refractivity contribution in [3.8, 4) is 0 Å². The summed E-state index contributed by atoms with van der Waals surface area (Å²) >= 11 is 0. The number of carbonyl (C=O) groups is 2. The van der Waals surface area contributed by atoms with E-state index in [1.54, 1.807) is 16.8 Å². The molecule has 0 bridgehead atoms. The maximum atomic E-state index is 12.5. The van der Waals surface area contributed by atoms with Crippen molar-refractivity contribution in [3.05, 3.63) is 35.4 Å². The van der Waals surface area contributed by atoms with E-state index in [0.717, 1.165) is 0 Å². The average Bonchev–Trinajstić information content (AvgIpc) is 2.49. The van der Waals surface area contributed by atoms with Gasteiger partial charge in [-0.1, -0.05) is 24.3 Å². The molecule has 1 atom stereocenters. The van der Waals surface area contributed by atoms with Gasteiger partial charge in [0, 0.05) is 26.7 Å². The van der Waals surface area contributed by atoms with Gasteiger partial charge in [0.1, 0.15) is 0 Å². The highest BCUT2D eigenvalue weighted by atomic mass is 16.2. The Hall–Kier alpha value is -1.88. The van der Waals surface area contributed by atoms with E-state index in [1.807, 2.05) is 12.1 Å². The third kappa shape index (κ3) is 2.41. The lowest BCUT2D eigenvalue weighted by Gasteiger charge is -2.35. The van der Waals surface area contributed by atoms with E-state index in [-0.39, 0.29) is 24.4 Å². The molecule has 1 saturated heterocycles. The smallest absolute Gasteiger partial charge is 0.241 e. The molecule has 2 amide bonds. The minimum Gasteiger partial charge on any atom is -0.342 e. The van der Waals surface area contributed by atoms with Crippen LogP contribution in [-0.2, 0) is 22.6 Å². The third-order valence-electron chi connectivity index (χ3n) is 4.15. The number of piperazine rings is 1. The molecule has 5 nitrogen and oxygen atoms in total. The predicted molar refractivity (Wildman–Crippen MR) is 75.0 cm³/mol. The third-order valence-corrected chi connectivity index (χ3v) is 4.15. The largest absolute Gasteiger partial charge is 0.342 e. The number of nitrogens with one attached hydrogen (secondary N) is 1. The Morgan fingerprint density at radius 2 is 2.00 bits per heavy atom. The van der Waals surface area contributed by atoms with E-state index in [4.69, 9.17) is 0 Å². The molecule has 1 aromatic rings. The van der Waals surface area contributed by atoms with E-state index in [1.165, 1.54) is 11.1 Å². The zero-order valence-electron chi connectivity index (χ0n) is 11.6. The second-order valence-electron chi connectivity index (χ2n) is 5.48. The van der Waals surface area contributed by atoms with E-state index < -0.39 is 0 Å². The van der Waals surface area contributed by atoms with Crippen LogP contribution < -0.4 is 5.32 Å². The van der Waals surface area contributed by atoms with Crippen molar-refractivity contribution in [2.24, 2.45) is 0 Å². The van der Waals surface area contributed by atoms with Crippen LogP contribution in [0.3, 0.4) is 0 Å². The van der Waals surface area contributed by atoms with Crippen molar-refractivity contribution in [1.82, 2.24) is 15.1 Å². The fraction of sp³-hybridized carbons (Fsp3) is 0.467. The number of carbonyl (C=O) groups excluding carboxylic acids is 2. The lowest BCUT2D eigenvalue weighted by atomic mass is 9.95. The van der Waals surface area contributed by atoms with Crippen molar-refractivity contribution in [2.45, 2.75) is 19.0 Å². The number of fused-ring (bicyclic) bond motifs is 1. The Morgan fingerprint density at radius 1 is 1.25 bits per heavy atom. The first-order chi connectivity index (χ1) is 9.65. The Morgan fingerprint density at radius 3 is 2.75 bits per heavy atom. The summed E-state index contributed by atoms with van der Waals surface area (Å²) < 4.78 is 0. The van der Waals surface area contributed by atoms with Crippen molar-refractivity contribution >= 4 is 11.8 Å². The predicted octanol–water partition coefficient (Wildman–Crippen LogP) is 0.00150. The molecule has 20 heavy (non-hydrogen) atoms. The topological polar surface area (TPSA) is 52.6 Å². The minimum absolute atomic E-state index is 0.0146. The normalized spacial score (nSPS) is 22.6. The van der Waals surface area contributed by atoms with Gasteiger partial charge >= 0.3 is 0 Å². The van der Waals surface area contributed by atoms with Gasteiger partial charge in [-0.2, -0.15) is 0 Å². The van der Waals surface area contributed by atoms with Crippen LogP contribution in [0.5, 0.6) is 0 Å². The van der Waals surface area contributed by atoms with Gasteiger partial charge in [0.2, 0.25) is 11.8 Å². The molecular formula is C15H19N3O2. The number of amides is 2.